The van der Waals surface area contributed by atoms with E-state index in [-0.39, 0.29) is 53.2 Å². The number of carbonyl (C=O) groups is 4. The molecule has 3 unspecified atom stereocenters. The Labute approximate surface area is 371 Å². The molecule has 3 fully saturated rings. The van der Waals surface area contributed by atoms with Crippen molar-refractivity contribution in [3.05, 3.63) is 119 Å². The normalized spacial score (nSPS) is 21.7. The van der Waals surface area contributed by atoms with Crippen LogP contribution in [0.2, 0.25) is 0 Å². The molecule has 0 aromatic heterocycles. The number of rotatable bonds is 13. The number of hydrogen-bond donors (Lipinski definition) is 3. The number of anilines is 1. The van der Waals surface area contributed by atoms with Crippen molar-refractivity contribution in [2.75, 3.05) is 56.7 Å². The Morgan fingerprint density at radius 1 is 0.794 bits per heavy atom. The number of nitrogens with one attached hydrogen (secondary N) is 1. The number of nitrogens with zero attached hydrogens (tertiary/aromatic N) is 4. The third-order valence-corrected chi connectivity index (χ3v) is 13.2. The maximum absolute atomic E-state index is 15.7. The molecule has 0 radical (unpaired) electrons. The Bertz CT molecular complexity index is 2370. The maximum atomic E-state index is 15.7. The first-order valence-corrected chi connectivity index (χ1v) is 22.3. The maximum Gasteiger partial charge on any atom is 0.262 e. The van der Waals surface area contributed by atoms with Crippen molar-refractivity contribution in [2.45, 2.75) is 64.1 Å². The number of alkyl halides is 1. The highest BCUT2D eigenvalue weighted by Gasteiger charge is 2.46. The van der Waals surface area contributed by atoms with Crippen LogP contribution in [0.5, 0.6) is 17.2 Å². The number of imide groups is 2. The lowest BCUT2D eigenvalue weighted by Crippen LogP contribution is -2.58. The van der Waals surface area contributed by atoms with Crippen molar-refractivity contribution in [2.24, 2.45) is 5.92 Å². The van der Waals surface area contributed by atoms with Gasteiger partial charge in [0.1, 0.15) is 35.7 Å². The molecule has 3 N–H and O–H groups in total. The Morgan fingerprint density at radius 3 is 1.95 bits per heavy atom. The highest BCUT2D eigenvalue weighted by Crippen LogP contribution is 2.38. The SMILES string of the molecule is CC1CN(c2cc3c(cc2F)C(=O)N(C2CCC(=O)NC2=O)C3=O)CC(C)N1CC1CCN(CCOc2ccc(C(=C(CCCl)c3ccc(O)cc3)c3ccc(O)cc3)cc2)CC1. The molecule has 12 nitrogen and oxygen atoms in total. The molecule has 0 saturated carbocycles. The molecule has 0 spiro atoms. The number of piperidine rings is 2. The lowest BCUT2D eigenvalue weighted by Gasteiger charge is -2.47. The van der Waals surface area contributed by atoms with Crippen LogP contribution in [0.15, 0.2) is 84.9 Å². The summed E-state index contributed by atoms with van der Waals surface area (Å²) in [5, 5.41) is 22.1. The predicted octanol–water partition coefficient (Wildman–Crippen LogP) is 6.92. The Kier molecular flexibility index (Phi) is 13.2. The van der Waals surface area contributed by atoms with E-state index in [1.807, 2.05) is 53.4 Å². The predicted molar refractivity (Wildman–Crippen MR) is 239 cm³/mol. The van der Waals surface area contributed by atoms with E-state index in [4.69, 9.17) is 16.3 Å². The van der Waals surface area contributed by atoms with Crippen LogP contribution >= 0.6 is 11.6 Å². The molecular weight excluding hydrogens is 825 g/mol. The number of phenolic OH excluding ortho intramolecular Hbond substituents is 2. The molecule has 4 aliphatic heterocycles. The summed E-state index contributed by atoms with van der Waals surface area (Å²) in [6.45, 7) is 9.64. The van der Waals surface area contributed by atoms with Crippen molar-refractivity contribution in [1.82, 2.24) is 20.0 Å². The summed E-state index contributed by atoms with van der Waals surface area (Å²) < 4.78 is 21.9. The minimum Gasteiger partial charge on any atom is -0.508 e. The Hall–Kier alpha value is -5.76. The van der Waals surface area contributed by atoms with E-state index in [1.54, 1.807) is 24.3 Å². The second-order valence-corrected chi connectivity index (χ2v) is 17.5. The van der Waals surface area contributed by atoms with Crippen LogP contribution in [-0.2, 0) is 9.59 Å². The van der Waals surface area contributed by atoms with Crippen LogP contribution in [0, 0.1) is 11.7 Å². The smallest absolute Gasteiger partial charge is 0.262 e. The molecule has 4 aliphatic rings. The van der Waals surface area contributed by atoms with Gasteiger partial charge in [-0.1, -0.05) is 36.4 Å². The standard InChI is InChI=1S/C49H53ClFN5O7/c1-30-27-54(44-26-41-40(25-42(44)51)48(61)56(49(41)62)43-15-16-45(59)52-47(43)60)28-31(2)55(30)29-32-18-21-53(22-19-32)23-24-63-38-13-7-35(8-14-38)46(34-5-11-37(58)12-6-34)39(17-20-50)33-3-9-36(57)10-4-33/h3-14,25-26,30-32,43,57-58H,15-24,27-29H2,1-2H3,(H,52,59,60). The number of aromatic hydroxyl groups is 2. The summed E-state index contributed by atoms with van der Waals surface area (Å²) in [6.07, 6.45) is 2.78. The van der Waals surface area contributed by atoms with Crippen molar-refractivity contribution >= 4 is 52.1 Å². The fourth-order valence-electron chi connectivity index (χ4n) is 9.65. The molecule has 330 valence electrons. The summed E-state index contributed by atoms with van der Waals surface area (Å²) in [5.74, 6) is -1.01. The van der Waals surface area contributed by atoms with Crippen LogP contribution in [-0.4, -0.2) is 118 Å². The lowest BCUT2D eigenvalue weighted by atomic mass is 9.88. The number of allylic oxidation sites excluding steroid dienone is 1. The van der Waals surface area contributed by atoms with Crippen LogP contribution < -0.4 is 15.0 Å². The summed E-state index contributed by atoms with van der Waals surface area (Å²) >= 11 is 6.31. The van der Waals surface area contributed by atoms with Gasteiger partial charge < -0.3 is 19.8 Å². The van der Waals surface area contributed by atoms with Gasteiger partial charge in [-0.3, -0.25) is 39.2 Å². The number of carbonyl (C=O) groups excluding carboxylic acids is 4. The Balaban J connectivity index is 0.833. The summed E-state index contributed by atoms with van der Waals surface area (Å²) in [6, 6.07) is 24.0. The number of ether oxygens (including phenoxy) is 1. The van der Waals surface area contributed by atoms with E-state index in [9.17, 15) is 29.4 Å². The first-order valence-electron chi connectivity index (χ1n) is 21.8. The third-order valence-electron chi connectivity index (χ3n) is 13.0. The van der Waals surface area contributed by atoms with Gasteiger partial charge in [0.2, 0.25) is 11.8 Å². The molecular formula is C49H53ClFN5O7. The summed E-state index contributed by atoms with van der Waals surface area (Å²) in [7, 11) is 0. The van der Waals surface area contributed by atoms with E-state index in [1.165, 1.54) is 6.07 Å². The first-order chi connectivity index (χ1) is 30.4. The highest BCUT2D eigenvalue weighted by atomic mass is 35.5. The van der Waals surface area contributed by atoms with E-state index < -0.39 is 35.5 Å². The molecule has 4 heterocycles. The van der Waals surface area contributed by atoms with Crippen LogP contribution in [0.25, 0.3) is 11.1 Å². The zero-order valence-electron chi connectivity index (χ0n) is 35.6. The zero-order valence-corrected chi connectivity index (χ0v) is 36.3. The molecule has 0 aliphatic carbocycles. The lowest BCUT2D eigenvalue weighted by molar-refractivity contribution is -0.136. The van der Waals surface area contributed by atoms with E-state index in [2.05, 4.69) is 29.0 Å². The number of phenols is 2. The number of fused-ring (bicyclic) bond motifs is 1. The number of hydrogen-bond acceptors (Lipinski definition) is 10. The van der Waals surface area contributed by atoms with Crippen molar-refractivity contribution in [3.63, 3.8) is 0 Å². The molecule has 3 saturated heterocycles. The van der Waals surface area contributed by atoms with Crippen LogP contribution in [0.1, 0.15) is 83.4 Å². The van der Waals surface area contributed by atoms with Crippen molar-refractivity contribution < 1.29 is 38.5 Å². The third kappa shape index (κ3) is 9.46. The molecule has 3 atom stereocenters. The van der Waals surface area contributed by atoms with Crippen LogP contribution in [0.3, 0.4) is 0 Å². The number of benzene rings is 4. The van der Waals surface area contributed by atoms with Gasteiger partial charge in [-0.2, -0.15) is 0 Å². The summed E-state index contributed by atoms with van der Waals surface area (Å²) in [4.78, 5) is 58.6. The number of halogens is 2. The monoisotopic (exact) mass is 877 g/mol. The molecule has 4 amide bonds. The van der Waals surface area contributed by atoms with Crippen molar-refractivity contribution in [3.8, 4) is 17.2 Å². The average molecular weight is 878 g/mol. The minimum absolute atomic E-state index is 0.0153. The van der Waals surface area contributed by atoms with Gasteiger partial charge in [-0.25, -0.2) is 4.39 Å². The molecule has 4 aromatic rings. The second-order valence-electron chi connectivity index (χ2n) is 17.1. The van der Waals surface area contributed by atoms with Gasteiger partial charge in [0.15, 0.2) is 0 Å². The fourth-order valence-corrected chi connectivity index (χ4v) is 9.84. The van der Waals surface area contributed by atoms with E-state index >= 15 is 4.39 Å². The molecule has 63 heavy (non-hydrogen) atoms. The Morgan fingerprint density at radius 2 is 1.37 bits per heavy atom. The van der Waals surface area contributed by atoms with Gasteiger partial charge in [0.25, 0.3) is 11.8 Å². The topological polar surface area (TPSA) is 143 Å². The number of amides is 4. The number of piperazine rings is 1. The minimum atomic E-state index is -1.11. The highest BCUT2D eigenvalue weighted by molar-refractivity contribution is 6.24. The largest absolute Gasteiger partial charge is 0.508 e. The van der Waals surface area contributed by atoms with Gasteiger partial charge in [-0.15, -0.1) is 11.6 Å². The average Bonchev–Trinajstić information content (AvgIpc) is 3.50. The quantitative estimate of drug-likeness (QED) is 0.0737. The van der Waals surface area contributed by atoms with Gasteiger partial charge in [0, 0.05) is 50.6 Å². The number of likely N-dealkylation sites (tertiary alicyclic amines) is 1. The molecule has 0 bridgehead atoms. The first kappa shape index (κ1) is 43.9. The molecule has 14 heteroatoms. The van der Waals surface area contributed by atoms with Gasteiger partial charge in [0.05, 0.1) is 16.8 Å². The fraction of sp³-hybridized carbons (Fsp3) is 0.388. The van der Waals surface area contributed by atoms with Gasteiger partial charge in [-0.05, 0) is 135 Å². The second kappa shape index (κ2) is 18.9. The van der Waals surface area contributed by atoms with Crippen LogP contribution in [0.4, 0.5) is 10.1 Å². The summed E-state index contributed by atoms with van der Waals surface area (Å²) in [5.41, 5.74) is 5.19. The van der Waals surface area contributed by atoms with Crippen molar-refractivity contribution in [1.29, 1.82) is 0 Å². The van der Waals surface area contributed by atoms with E-state index in [0.29, 0.717) is 37.9 Å². The molecule has 4 aromatic carbocycles. The van der Waals surface area contributed by atoms with Gasteiger partial charge >= 0.3 is 0 Å². The molecule has 8 rings (SSSR count). The zero-order chi connectivity index (χ0) is 44.4. The van der Waals surface area contributed by atoms with E-state index in [0.717, 1.165) is 83.6 Å².